The topological polar surface area (TPSA) is 65.0 Å². The predicted octanol–water partition coefficient (Wildman–Crippen LogP) is 1.34. The van der Waals surface area contributed by atoms with Crippen LogP contribution in [0.5, 0.6) is 0 Å². The quantitative estimate of drug-likeness (QED) is 0.541. The fourth-order valence-corrected chi connectivity index (χ4v) is 4.90. The molecule has 2 saturated carbocycles. The summed E-state index contributed by atoms with van der Waals surface area (Å²) in [5.41, 5.74) is 0. The Morgan fingerprint density at radius 3 is 2.56 bits per heavy atom. The lowest BCUT2D eigenvalue weighted by molar-refractivity contribution is 0.259. The van der Waals surface area contributed by atoms with Gasteiger partial charge in [0.05, 0.1) is 17.0 Å². The maximum atomic E-state index is 12.2. The molecule has 25 heavy (non-hydrogen) atoms. The van der Waals surface area contributed by atoms with E-state index in [0.29, 0.717) is 13.1 Å². The minimum atomic E-state index is -3.02. The molecule has 0 atom stereocenters. The third kappa shape index (κ3) is 4.88. The molecule has 3 fully saturated rings. The Morgan fingerprint density at radius 1 is 1.28 bits per heavy atom. The molecule has 0 aromatic heterocycles. The van der Waals surface area contributed by atoms with Gasteiger partial charge in [-0.05, 0) is 52.4 Å². The number of nitrogens with one attached hydrogen (secondary N) is 1. The standard InChI is InChI=1S/C18H34N4O2S/c1-4-19-17(22-11-12-25(23,24)18(2,3)14-22)20-9-10-21(16-7-8-16)13-15-5-6-15/h15-16H,4-14H2,1-3H3,(H,19,20). The van der Waals surface area contributed by atoms with Gasteiger partial charge in [0.1, 0.15) is 0 Å². The van der Waals surface area contributed by atoms with Crippen LogP contribution in [0.15, 0.2) is 4.99 Å². The number of rotatable bonds is 7. The van der Waals surface area contributed by atoms with Crippen molar-refractivity contribution in [1.82, 2.24) is 15.1 Å². The van der Waals surface area contributed by atoms with E-state index in [1.54, 1.807) is 0 Å². The zero-order chi connectivity index (χ0) is 18.1. The molecule has 0 bridgehead atoms. The predicted molar refractivity (Wildman–Crippen MR) is 103 cm³/mol. The van der Waals surface area contributed by atoms with E-state index in [4.69, 9.17) is 4.99 Å². The van der Waals surface area contributed by atoms with E-state index < -0.39 is 14.6 Å². The van der Waals surface area contributed by atoms with Crippen LogP contribution in [0.4, 0.5) is 0 Å². The second kappa shape index (κ2) is 7.43. The van der Waals surface area contributed by atoms with Gasteiger partial charge in [0.15, 0.2) is 15.8 Å². The van der Waals surface area contributed by atoms with Gasteiger partial charge in [0.2, 0.25) is 0 Å². The summed E-state index contributed by atoms with van der Waals surface area (Å²) in [6.07, 6.45) is 5.47. The van der Waals surface area contributed by atoms with Crippen LogP contribution < -0.4 is 5.32 Å². The van der Waals surface area contributed by atoms with Crippen molar-refractivity contribution in [2.75, 3.05) is 45.0 Å². The van der Waals surface area contributed by atoms with Crippen molar-refractivity contribution < 1.29 is 8.42 Å². The van der Waals surface area contributed by atoms with E-state index >= 15 is 0 Å². The molecule has 144 valence electrons. The van der Waals surface area contributed by atoms with Crippen LogP contribution in [-0.4, -0.2) is 80.0 Å². The van der Waals surface area contributed by atoms with Gasteiger partial charge < -0.3 is 10.2 Å². The number of hydrogen-bond acceptors (Lipinski definition) is 4. The Bertz CT molecular complexity index is 594. The molecule has 0 aromatic rings. The van der Waals surface area contributed by atoms with Crippen molar-refractivity contribution >= 4 is 15.8 Å². The molecule has 3 rings (SSSR count). The van der Waals surface area contributed by atoms with E-state index in [2.05, 4.69) is 22.0 Å². The van der Waals surface area contributed by atoms with Crippen LogP contribution in [0.25, 0.3) is 0 Å². The highest BCUT2D eigenvalue weighted by Gasteiger charge is 2.41. The van der Waals surface area contributed by atoms with Crippen molar-refractivity contribution in [3.05, 3.63) is 0 Å². The fourth-order valence-electron chi connectivity index (χ4n) is 3.53. The summed E-state index contributed by atoms with van der Waals surface area (Å²) < 4.78 is 23.7. The van der Waals surface area contributed by atoms with Gasteiger partial charge in [-0.3, -0.25) is 9.89 Å². The number of sulfone groups is 1. The van der Waals surface area contributed by atoms with E-state index in [9.17, 15) is 8.42 Å². The summed E-state index contributed by atoms with van der Waals surface area (Å²) in [7, 11) is -3.02. The third-order valence-corrected chi connectivity index (χ3v) is 8.11. The summed E-state index contributed by atoms with van der Waals surface area (Å²) in [5, 5.41) is 3.35. The molecular formula is C18H34N4O2S. The maximum absolute atomic E-state index is 12.2. The van der Waals surface area contributed by atoms with Crippen LogP contribution >= 0.6 is 0 Å². The average molecular weight is 371 g/mol. The number of hydrogen-bond donors (Lipinski definition) is 1. The number of nitrogens with zero attached hydrogens (tertiary/aromatic N) is 3. The lowest BCUT2D eigenvalue weighted by atomic mass is 10.2. The normalized spacial score (nSPS) is 26.1. The zero-order valence-corrected chi connectivity index (χ0v) is 16.8. The highest BCUT2D eigenvalue weighted by Crippen LogP contribution is 2.34. The molecule has 1 heterocycles. The molecule has 2 aliphatic carbocycles. The maximum Gasteiger partial charge on any atom is 0.194 e. The van der Waals surface area contributed by atoms with Crippen molar-refractivity contribution in [3.8, 4) is 0 Å². The van der Waals surface area contributed by atoms with Gasteiger partial charge in [-0.1, -0.05) is 0 Å². The summed E-state index contributed by atoms with van der Waals surface area (Å²) in [6.45, 7) is 10.6. The summed E-state index contributed by atoms with van der Waals surface area (Å²) in [4.78, 5) is 9.56. The van der Waals surface area contributed by atoms with E-state index in [-0.39, 0.29) is 5.75 Å². The molecule has 0 amide bonds. The SMILES string of the molecule is CCNC(=NCCN(CC1CC1)C1CC1)N1CCS(=O)(=O)C(C)(C)C1. The van der Waals surface area contributed by atoms with Gasteiger partial charge >= 0.3 is 0 Å². The Balaban J connectivity index is 1.58. The first-order valence-electron chi connectivity index (χ1n) is 9.82. The molecule has 0 aromatic carbocycles. The largest absolute Gasteiger partial charge is 0.357 e. The minimum Gasteiger partial charge on any atom is -0.357 e. The summed E-state index contributed by atoms with van der Waals surface area (Å²) >= 11 is 0. The van der Waals surface area contributed by atoms with Gasteiger partial charge in [-0.15, -0.1) is 0 Å². The zero-order valence-electron chi connectivity index (χ0n) is 16.0. The monoisotopic (exact) mass is 370 g/mol. The van der Waals surface area contributed by atoms with Crippen LogP contribution in [0.2, 0.25) is 0 Å². The van der Waals surface area contributed by atoms with Crippen LogP contribution in [0.1, 0.15) is 46.5 Å². The molecule has 7 heteroatoms. The summed E-state index contributed by atoms with van der Waals surface area (Å²) in [5.74, 6) is 2.00. The Kier molecular flexibility index (Phi) is 5.63. The Morgan fingerprint density at radius 2 is 2.00 bits per heavy atom. The van der Waals surface area contributed by atoms with E-state index in [1.807, 2.05) is 13.8 Å². The van der Waals surface area contributed by atoms with Gasteiger partial charge in [0.25, 0.3) is 0 Å². The Labute approximate surface area is 153 Å². The first-order chi connectivity index (χ1) is 11.8. The van der Waals surface area contributed by atoms with Crippen LogP contribution in [0, 0.1) is 5.92 Å². The smallest absolute Gasteiger partial charge is 0.194 e. The van der Waals surface area contributed by atoms with E-state index in [1.165, 1.54) is 32.2 Å². The minimum absolute atomic E-state index is 0.209. The van der Waals surface area contributed by atoms with Crippen molar-refractivity contribution in [2.45, 2.75) is 57.2 Å². The van der Waals surface area contributed by atoms with Crippen molar-refractivity contribution in [2.24, 2.45) is 10.9 Å². The third-order valence-electron chi connectivity index (χ3n) is 5.58. The molecule has 0 radical (unpaired) electrons. The highest BCUT2D eigenvalue weighted by atomic mass is 32.2. The van der Waals surface area contributed by atoms with E-state index in [0.717, 1.165) is 37.6 Å². The molecule has 1 saturated heterocycles. The lowest BCUT2D eigenvalue weighted by Gasteiger charge is -2.39. The first-order valence-corrected chi connectivity index (χ1v) is 11.5. The summed E-state index contributed by atoms with van der Waals surface area (Å²) in [6, 6.07) is 0.789. The lowest BCUT2D eigenvalue weighted by Crippen LogP contribution is -2.57. The molecule has 6 nitrogen and oxygen atoms in total. The first kappa shape index (κ1) is 19.0. The fraction of sp³-hybridized carbons (Fsp3) is 0.944. The van der Waals surface area contributed by atoms with Crippen LogP contribution in [-0.2, 0) is 9.84 Å². The van der Waals surface area contributed by atoms with Crippen molar-refractivity contribution in [1.29, 1.82) is 0 Å². The molecule has 1 aliphatic heterocycles. The van der Waals surface area contributed by atoms with Crippen LogP contribution in [0.3, 0.4) is 0 Å². The Hall–Kier alpha value is -0.820. The molecule has 1 N–H and O–H groups in total. The number of guanidine groups is 1. The molecule has 0 spiro atoms. The molecule has 3 aliphatic rings. The average Bonchev–Trinajstić information content (AvgIpc) is 3.41. The molecule has 0 unspecified atom stereocenters. The molecular weight excluding hydrogens is 336 g/mol. The number of aliphatic imine (C=N–C) groups is 1. The van der Waals surface area contributed by atoms with Gasteiger partial charge in [-0.2, -0.15) is 0 Å². The second-order valence-electron chi connectivity index (χ2n) is 8.41. The van der Waals surface area contributed by atoms with Gasteiger partial charge in [-0.25, -0.2) is 8.42 Å². The van der Waals surface area contributed by atoms with Crippen molar-refractivity contribution in [3.63, 3.8) is 0 Å². The second-order valence-corrected chi connectivity index (χ2v) is 11.1. The van der Waals surface area contributed by atoms with Gasteiger partial charge in [0, 0.05) is 38.8 Å². The highest BCUT2D eigenvalue weighted by molar-refractivity contribution is 7.92.